The molecule has 3 aromatic rings. The van der Waals surface area contributed by atoms with Crippen LogP contribution in [0.4, 0.5) is 10.2 Å². The Morgan fingerprint density at radius 3 is 2.31 bits per heavy atom. The normalized spacial score (nSPS) is 13.9. The second kappa shape index (κ2) is 19.0. The van der Waals surface area contributed by atoms with E-state index >= 15 is 0 Å². The summed E-state index contributed by atoms with van der Waals surface area (Å²) in [6.07, 6.45) is 16.0. The summed E-state index contributed by atoms with van der Waals surface area (Å²) in [4.78, 5) is 22.3. The van der Waals surface area contributed by atoms with Gasteiger partial charge in [-0.25, -0.2) is 19.3 Å². The van der Waals surface area contributed by atoms with Crippen LogP contribution >= 0.6 is 7.60 Å². The Kier molecular flexibility index (Phi) is 15.4. The number of unbranched alkanes of at least 4 members (excludes halogenated alkanes) is 10. The summed E-state index contributed by atoms with van der Waals surface area (Å²) in [6.45, 7) is 3.10. The Morgan fingerprint density at radius 2 is 1.60 bits per heavy atom. The molecule has 0 aliphatic rings. The van der Waals surface area contributed by atoms with E-state index in [9.17, 15) is 13.8 Å². The summed E-state index contributed by atoms with van der Waals surface area (Å²) in [5.74, 6) is 0.215. The van der Waals surface area contributed by atoms with Gasteiger partial charge in [-0.1, -0.05) is 76.0 Å². The van der Waals surface area contributed by atoms with E-state index in [1.165, 1.54) is 63.8 Å². The number of hydrogen-bond acceptors (Lipinski definition) is 8. The molecule has 2 atom stereocenters. The van der Waals surface area contributed by atoms with Crippen LogP contribution in [0.3, 0.4) is 0 Å². The lowest BCUT2D eigenvalue weighted by atomic mass is 10.0. The third kappa shape index (κ3) is 12.8. The molecule has 12 heteroatoms. The number of aryl methyl sites for hydroxylation is 1. The van der Waals surface area contributed by atoms with Gasteiger partial charge in [-0.2, -0.15) is 0 Å². The first-order chi connectivity index (χ1) is 20.4. The van der Waals surface area contributed by atoms with E-state index in [0.717, 1.165) is 31.2 Å². The molecule has 0 amide bonds. The van der Waals surface area contributed by atoms with E-state index in [4.69, 9.17) is 19.7 Å². The number of imidazole rings is 1. The third-order valence-electron chi connectivity index (χ3n) is 7.12. The number of ether oxygens (including phenoxy) is 2. The van der Waals surface area contributed by atoms with Gasteiger partial charge in [-0.3, -0.25) is 4.57 Å². The molecule has 234 valence electrons. The van der Waals surface area contributed by atoms with Gasteiger partial charge in [0.25, 0.3) is 0 Å². The van der Waals surface area contributed by atoms with Crippen molar-refractivity contribution < 1.29 is 27.8 Å². The van der Waals surface area contributed by atoms with E-state index in [2.05, 4.69) is 15.0 Å². The SMILES string of the molecule is C[C@H](Cn1cnc2c(N)ncnc21)OCP(=O)(O)OCCOCCCCCCCCCCCCCc1ccccc1F. The predicted molar refractivity (Wildman–Crippen MR) is 163 cm³/mol. The van der Waals surface area contributed by atoms with Gasteiger partial charge in [0.2, 0.25) is 0 Å². The molecule has 1 aromatic carbocycles. The molecule has 10 nitrogen and oxygen atoms in total. The van der Waals surface area contributed by atoms with E-state index in [-0.39, 0.29) is 25.1 Å². The minimum atomic E-state index is -3.88. The smallest absolute Gasteiger partial charge is 0.353 e. The highest BCUT2D eigenvalue weighted by Crippen LogP contribution is 2.41. The summed E-state index contributed by atoms with van der Waals surface area (Å²) in [5, 5.41) is 0. The maximum Gasteiger partial charge on any atom is 0.353 e. The second-order valence-corrected chi connectivity index (χ2v) is 12.5. The monoisotopic (exact) mass is 607 g/mol. The maximum atomic E-state index is 13.6. The standard InChI is InChI=1S/C30H47FN5O5P/c1-25(21-36-23-35-28-29(32)33-22-34-30(28)36)40-24-42(37,38)41-20-19-39-18-14-10-8-6-4-2-3-5-7-9-11-15-26-16-12-13-17-27(26)31/h12-13,16-17,22-23,25H,2-11,14-15,18-21,24H2,1H3,(H,37,38)(H2,32,33,34)/t25-/m1/s1. The number of halogens is 1. The van der Waals surface area contributed by atoms with E-state index < -0.39 is 13.9 Å². The zero-order valence-corrected chi connectivity index (χ0v) is 25.7. The molecular weight excluding hydrogens is 560 g/mol. The van der Waals surface area contributed by atoms with Gasteiger partial charge in [0.05, 0.1) is 32.2 Å². The average molecular weight is 608 g/mol. The molecule has 0 aliphatic heterocycles. The Morgan fingerprint density at radius 1 is 0.929 bits per heavy atom. The number of nitrogens with two attached hydrogens (primary N) is 1. The summed E-state index contributed by atoms with van der Waals surface area (Å²) in [6, 6.07) is 7.06. The van der Waals surface area contributed by atoms with Gasteiger partial charge < -0.3 is 29.2 Å². The predicted octanol–water partition coefficient (Wildman–Crippen LogP) is 6.66. The Hall–Kier alpha value is -2.43. The van der Waals surface area contributed by atoms with Crippen molar-refractivity contribution in [3.05, 3.63) is 48.3 Å². The number of rotatable bonds is 23. The lowest BCUT2D eigenvalue weighted by molar-refractivity contribution is 0.0610. The van der Waals surface area contributed by atoms with Crippen molar-refractivity contribution >= 4 is 24.6 Å². The van der Waals surface area contributed by atoms with Crippen LogP contribution in [0.5, 0.6) is 0 Å². The van der Waals surface area contributed by atoms with Crippen LogP contribution in [0.15, 0.2) is 36.9 Å². The Balaban J connectivity index is 1.08. The zero-order chi connectivity index (χ0) is 30.0. The van der Waals surface area contributed by atoms with Crippen LogP contribution in [-0.2, 0) is 31.5 Å². The fourth-order valence-electron chi connectivity index (χ4n) is 4.77. The fourth-order valence-corrected chi connectivity index (χ4v) is 5.65. The van der Waals surface area contributed by atoms with E-state index in [1.54, 1.807) is 23.9 Å². The molecule has 0 saturated heterocycles. The van der Waals surface area contributed by atoms with Crippen LogP contribution in [0.2, 0.25) is 0 Å². The van der Waals surface area contributed by atoms with Crippen LogP contribution in [0, 0.1) is 5.82 Å². The highest BCUT2D eigenvalue weighted by molar-refractivity contribution is 7.52. The first-order valence-electron chi connectivity index (χ1n) is 15.2. The largest absolute Gasteiger partial charge is 0.382 e. The zero-order valence-electron chi connectivity index (χ0n) is 24.8. The molecule has 0 radical (unpaired) electrons. The number of benzene rings is 1. The van der Waals surface area contributed by atoms with Crippen molar-refractivity contribution in [1.29, 1.82) is 0 Å². The summed E-state index contributed by atoms with van der Waals surface area (Å²) in [5.41, 5.74) is 7.72. The summed E-state index contributed by atoms with van der Waals surface area (Å²) < 4.78 is 43.9. The van der Waals surface area contributed by atoms with Crippen LogP contribution in [0.1, 0.15) is 83.1 Å². The van der Waals surface area contributed by atoms with Gasteiger partial charge >= 0.3 is 7.60 Å². The molecule has 0 bridgehead atoms. The molecule has 0 spiro atoms. The van der Waals surface area contributed by atoms with Crippen molar-refractivity contribution in [2.45, 2.75) is 96.6 Å². The van der Waals surface area contributed by atoms with Crippen molar-refractivity contribution in [3.8, 4) is 0 Å². The van der Waals surface area contributed by atoms with Crippen LogP contribution < -0.4 is 5.73 Å². The third-order valence-corrected chi connectivity index (χ3v) is 8.18. The first-order valence-corrected chi connectivity index (χ1v) is 16.9. The second-order valence-electron chi connectivity index (χ2n) is 10.7. The molecule has 3 rings (SSSR count). The van der Waals surface area contributed by atoms with Crippen molar-refractivity contribution in [3.63, 3.8) is 0 Å². The van der Waals surface area contributed by atoms with Crippen LogP contribution in [-0.4, -0.2) is 56.7 Å². The molecule has 0 fully saturated rings. The van der Waals surface area contributed by atoms with Gasteiger partial charge in [0.15, 0.2) is 11.5 Å². The maximum absolute atomic E-state index is 13.6. The Bertz CT molecular complexity index is 1230. The number of aromatic nitrogens is 4. The van der Waals surface area contributed by atoms with Gasteiger partial charge in [-0.05, 0) is 37.8 Å². The number of fused-ring (bicyclic) bond motifs is 1. The number of hydrogen-bond donors (Lipinski definition) is 2. The van der Waals surface area contributed by atoms with Gasteiger partial charge in [-0.15, -0.1) is 0 Å². The van der Waals surface area contributed by atoms with E-state index in [0.29, 0.717) is 30.1 Å². The molecule has 2 aromatic heterocycles. The van der Waals surface area contributed by atoms with Crippen molar-refractivity contribution in [2.24, 2.45) is 0 Å². The average Bonchev–Trinajstić information content (AvgIpc) is 3.38. The quantitative estimate of drug-likeness (QED) is 0.0896. The number of nitrogen functional groups attached to an aromatic ring is 1. The lowest BCUT2D eigenvalue weighted by Crippen LogP contribution is -2.18. The van der Waals surface area contributed by atoms with Gasteiger partial charge in [0.1, 0.15) is 24.0 Å². The molecule has 0 aliphatic carbocycles. The first kappa shape index (κ1) is 34.1. The molecule has 0 saturated carbocycles. The molecule has 2 heterocycles. The summed E-state index contributed by atoms with van der Waals surface area (Å²) >= 11 is 0. The fraction of sp³-hybridized carbons (Fsp3) is 0.633. The number of anilines is 1. The topological polar surface area (TPSA) is 135 Å². The van der Waals surface area contributed by atoms with Crippen molar-refractivity contribution in [1.82, 2.24) is 19.5 Å². The minimum Gasteiger partial charge on any atom is -0.382 e. The number of nitrogens with zero attached hydrogens (tertiary/aromatic N) is 4. The highest BCUT2D eigenvalue weighted by Gasteiger charge is 2.21. The van der Waals surface area contributed by atoms with Crippen LogP contribution in [0.25, 0.3) is 11.2 Å². The molecule has 3 N–H and O–H groups in total. The highest BCUT2D eigenvalue weighted by atomic mass is 31.2. The molecule has 1 unspecified atom stereocenters. The van der Waals surface area contributed by atoms with Crippen molar-refractivity contribution in [2.75, 3.05) is 31.9 Å². The summed E-state index contributed by atoms with van der Waals surface area (Å²) in [7, 11) is -3.88. The van der Waals surface area contributed by atoms with Gasteiger partial charge in [0, 0.05) is 6.61 Å². The molecule has 42 heavy (non-hydrogen) atoms. The molecular formula is C30H47FN5O5P. The Labute approximate surface area is 248 Å². The lowest BCUT2D eigenvalue weighted by Gasteiger charge is -2.17. The minimum absolute atomic E-state index is 0.0387. The van der Waals surface area contributed by atoms with E-state index in [1.807, 2.05) is 12.1 Å².